The molecule has 0 saturated heterocycles. The van der Waals surface area contributed by atoms with Gasteiger partial charge in [0.15, 0.2) is 0 Å². The van der Waals surface area contributed by atoms with Crippen molar-refractivity contribution < 1.29 is 24.2 Å². The van der Waals surface area contributed by atoms with E-state index in [1.54, 1.807) is 55.6 Å². The van der Waals surface area contributed by atoms with Crippen LogP contribution in [0, 0.1) is 5.92 Å². The number of nitrogens with one attached hydrogen (secondary N) is 2. The predicted molar refractivity (Wildman–Crippen MR) is 108 cm³/mol. The van der Waals surface area contributed by atoms with E-state index >= 15 is 0 Å². The van der Waals surface area contributed by atoms with Crippen LogP contribution < -0.4 is 15.4 Å². The van der Waals surface area contributed by atoms with Gasteiger partial charge in [-0.25, -0.2) is 0 Å². The summed E-state index contributed by atoms with van der Waals surface area (Å²) in [4.78, 5) is 36.4. The molecule has 0 bridgehead atoms. The normalized spacial score (nSPS) is 18.5. The van der Waals surface area contributed by atoms with Gasteiger partial charge in [0.25, 0.3) is 11.8 Å². The molecule has 7 heteroatoms. The van der Waals surface area contributed by atoms with E-state index in [-0.39, 0.29) is 23.8 Å². The maximum Gasteiger partial charge on any atom is 0.306 e. The fourth-order valence-corrected chi connectivity index (χ4v) is 3.47. The number of carboxylic acids is 1. The fraction of sp³-hybridized carbons (Fsp3) is 0.318. The third-order valence-corrected chi connectivity index (χ3v) is 5.18. The number of carbonyl (C=O) groups excluding carboxylic acids is 2. The number of carbonyl (C=O) groups is 3. The molecule has 0 aromatic heterocycles. The topological polar surface area (TPSA) is 105 Å². The van der Waals surface area contributed by atoms with Gasteiger partial charge >= 0.3 is 5.97 Å². The van der Waals surface area contributed by atoms with Crippen molar-refractivity contribution in [1.29, 1.82) is 0 Å². The van der Waals surface area contributed by atoms with E-state index in [1.807, 2.05) is 0 Å². The fourth-order valence-electron chi connectivity index (χ4n) is 3.47. The van der Waals surface area contributed by atoms with Gasteiger partial charge in [-0.2, -0.15) is 0 Å². The molecule has 2 aromatic rings. The molecule has 0 atom stereocenters. The molecular weight excluding hydrogens is 372 g/mol. The summed E-state index contributed by atoms with van der Waals surface area (Å²) in [5, 5.41) is 14.8. The third-order valence-electron chi connectivity index (χ3n) is 5.18. The van der Waals surface area contributed by atoms with Crippen molar-refractivity contribution in [2.24, 2.45) is 5.92 Å². The second kappa shape index (κ2) is 9.23. The first-order chi connectivity index (χ1) is 14.0. The molecule has 1 fully saturated rings. The number of methoxy groups -OCH3 is 1. The van der Waals surface area contributed by atoms with Crippen molar-refractivity contribution in [3.8, 4) is 5.75 Å². The molecule has 2 aromatic carbocycles. The summed E-state index contributed by atoms with van der Waals surface area (Å²) in [5.41, 5.74) is 1.24. The number of amides is 2. The highest BCUT2D eigenvalue weighted by Gasteiger charge is 2.27. The molecule has 3 N–H and O–H groups in total. The van der Waals surface area contributed by atoms with Gasteiger partial charge in [0.05, 0.1) is 24.3 Å². The molecular formula is C22H24N2O5. The minimum absolute atomic E-state index is 0.0663. The largest absolute Gasteiger partial charge is 0.497 e. The maximum atomic E-state index is 12.8. The van der Waals surface area contributed by atoms with E-state index in [9.17, 15) is 14.4 Å². The summed E-state index contributed by atoms with van der Waals surface area (Å²) in [7, 11) is 1.55. The Morgan fingerprint density at radius 2 is 1.59 bits per heavy atom. The summed E-state index contributed by atoms with van der Waals surface area (Å²) in [6.07, 6.45) is 2.36. The molecule has 2 amide bonds. The van der Waals surface area contributed by atoms with Crippen molar-refractivity contribution in [3.63, 3.8) is 0 Å². The molecule has 0 spiro atoms. The summed E-state index contributed by atoms with van der Waals surface area (Å²) in [5.74, 6) is -1.07. The van der Waals surface area contributed by atoms with Crippen LogP contribution in [0.2, 0.25) is 0 Å². The number of hydrogen-bond acceptors (Lipinski definition) is 4. The number of ether oxygens (including phenoxy) is 1. The molecule has 1 saturated carbocycles. The lowest BCUT2D eigenvalue weighted by molar-refractivity contribution is -0.142. The van der Waals surface area contributed by atoms with Crippen molar-refractivity contribution >= 4 is 23.5 Å². The number of anilines is 1. The summed E-state index contributed by atoms with van der Waals surface area (Å²) < 4.78 is 5.09. The molecule has 0 radical (unpaired) electrons. The van der Waals surface area contributed by atoms with Crippen LogP contribution in [0.5, 0.6) is 5.75 Å². The SMILES string of the molecule is COc1ccc(C(=O)Nc2ccccc2C(=O)NC2CCC(C(=O)O)CC2)cc1. The Balaban J connectivity index is 1.65. The Hall–Kier alpha value is -3.35. The number of rotatable bonds is 6. The van der Waals surface area contributed by atoms with Gasteiger partial charge in [-0.3, -0.25) is 14.4 Å². The predicted octanol–water partition coefficient (Wildman–Crippen LogP) is 3.32. The zero-order valence-corrected chi connectivity index (χ0v) is 16.2. The molecule has 3 rings (SSSR count). The van der Waals surface area contributed by atoms with Crippen molar-refractivity contribution in [2.45, 2.75) is 31.7 Å². The molecule has 1 aliphatic rings. The lowest BCUT2D eigenvalue weighted by Gasteiger charge is -2.27. The van der Waals surface area contributed by atoms with Crippen LogP contribution >= 0.6 is 0 Å². The Morgan fingerprint density at radius 3 is 2.21 bits per heavy atom. The van der Waals surface area contributed by atoms with Crippen molar-refractivity contribution in [1.82, 2.24) is 5.32 Å². The van der Waals surface area contributed by atoms with Crippen LogP contribution in [-0.4, -0.2) is 36.0 Å². The third kappa shape index (κ3) is 5.13. The first-order valence-electron chi connectivity index (χ1n) is 9.56. The molecule has 0 aliphatic heterocycles. The Kier molecular flexibility index (Phi) is 6.49. The number of benzene rings is 2. The monoisotopic (exact) mass is 396 g/mol. The highest BCUT2D eigenvalue weighted by atomic mass is 16.5. The van der Waals surface area contributed by atoms with E-state index in [0.717, 1.165) is 0 Å². The average Bonchev–Trinajstić information content (AvgIpc) is 2.74. The van der Waals surface area contributed by atoms with E-state index in [1.165, 1.54) is 0 Å². The van der Waals surface area contributed by atoms with Crippen LogP contribution in [-0.2, 0) is 4.79 Å². The Labute approximate surface area is 169 Å². The highest BCUT2D eigenvalue weighted by molar-refractivity contribution is 6.09. The molecule has 1 aliphatic carbocycles. The summed E-state index contributed by atoms with van der Waals surface area (Å²) >= 11 is 0. The van der Waals surface area contributed by atoms with Gasteiger partial charge in [0, 0.05) is 11.6 Å². The van der Waals surface area contributed by atoms with E-state index in [0.29, 0.717) is 48.2 Å². The molecule has 152 valence electrons. The Bertz CT molecular complexity index is 886. The van der Waals surface area contributed by atoms with Crippen LogP contribution in [0.15, 0.2) is 48.5 Å². The summed E-state index contributed by atoms with van der Waals surface area (Å²) in [6, 6.07) is 13.4. The minimum Gasteiger partial charge on any atom is -0.497 e. The zero-order chi connectivity index (χ0) is 20.8. The zero-order valence-electron chi connectivity index (χ0n) is 16.2. The van der Waals surface area contributed by atoms with Crippen LogP contribution in [0.25, 0.3) is 0 Å². The molecule has 29 heavy (non-hydrogen) atoms. The van der Waals surface area contributed by atoms with E-state index in [2.05, 4.69) is 10.6 Å². The van der Waals surface area contributed by atoms with Crippen molar-refractivity contribution in [3.05, 3.63) is 59.7 Å². The summed E-state index contributed by atoms with van der Waals surface area (Å²) in [6.45, 7) is 0. The molecule has 0 unspecified atom stereocenters. The molecule has 0 heterocycles. The first kappa shape index (κ1) is 20.4. The van der Waals surface area contributed by atoms with Gasteiger partial charge in [0.2, 0.25) is 0 Å². The lowest BCUT2D eigenvalue weighted by atomic mass is 9.86. The number of para-hydroxylation sites is 1. The van der Waals surface area contributed by atoms with Crippen LogP contribution in [0.1, 0.15) is 46.4 Å². The number of hydrogen-bond donors (Lipinski definition) is 3. The maximum absolute atomic E-state index is 12.8. The van der Waals surface area contributed by atoms with E-state index < -0.39 is 5.97 Å². The van der Waals surface area contributed by atoms with Gasteiger partial charge in [-0.05, 0) is 62.1 Å². The van der Waals surface area contributed by atoms with Gasteiger partial charge < -0.3 is 20.5 Å². The van der Waals surface area contributed by atoms with Crippen molar-refractivity contribution in [2.75, 3.05) is 12.4 Å². The standard InChI is InChI=1S/C22H24N2O5/c1-29-17-12-8-14(9-13-17)20(25)24-19-5-3-2-4-18(19)21(26)23-16-10-6-15(7-11-16)22(27)28/h2-5,8-9,12-13,15-16H,6-7,10-11H2,1H3,(H,23,26)(H,24,25)(H,27,28). The van der Waals surface area contributed by atoms with Gasteiger partial charge in [-0.15, -0.1) is 0 Å². The smallest absolute Gasteiger partial charge is 0.306 e. The second-order valence-corrected chi connectivity index (χ2v) is 7.09. The van der Waals surface area contributed by atoms with Gasteiger partial charge in [-0.1, -0.05) is 12.1 Å². The quantitative estimate of drug-likeness (QED) is 0.695. The number of aliphatic carboxylic acids is 1. The average molecular weight is 396 g/mol. The molecule has 7 nitrogen and oxygen atoms in total. The van der Waals surface area contributed by atoms with Crippen LogP contribution in [0.3, 0.4) is 0 Å². The van der Waals surface area contributed by atoms with Gasteiger partial charge in [0.1, 0.15) is 5.75 Å². The lowest BCUT2D eigenvalue weighted by Crippen LogP contribution is -2.39. The first-order valence-corrected chi connectivity index (χ1v) is 9.56. The van der Waals surface area contributed by atoms with E-state index in [4.69, 9.17) is 9.84 Å². The minimum atomic E-state index is -0.777. The number of carboxylic acid groups (broad SMARTS) is 1. The highest BCUT2D eigenvalue weighted by Crippen LogP contribution is 2.25. The second-order valence-electron chi connectivity index (χ2n) is 7.09. The Morgan fingerprint density at radius 1 is 0.931 bits per heavy atom. The van der Waals surface area contributed by atoms with Crippen LogP contribution in [0.4, 0.5) is 5.69 Å².